The highest BCUT2D eigenvalue weighted by molar-refractivity contribution is 7.87. The first-order chi connectivity index (χ1) is 8.75. The van der Waals surface area contributed by atoms with Crippen LogP contribution >= 0.6 is 58.0 Å². The molecule has 1 saturated heterocycles. The maximum atomic E-state index is 14.4. The largest absolute Gasteiger partial charge is 0.528 e. The summed E-state index contributed by atoms with van der Waals surface area (Å²) in [6.07, 6.45) is 0. The molecule has 20 heavy (non-hydrogen) atoms. The van der Waals surface area contributed by atoms with E-state index in [2.05, 4.69) is 4.28 Å². The Morgan fingerprint density at radius 2 is 1.25 bits per heavy atom. The van der Waals surface area contributed by atoms with Gasteiger partial charge in [-0.3, -0.25) is 0 Å². The fourth-order valence-electron chi connectivity index (χ4n) is 1.28. The van der Waals surface area contributed by atoms with E-state index in [0.29, 0.717) is 0 Å². The zero-order valence-corrected chi connectivity index (χ0v) is 13.5. The molecule has 120 valence electrons. The number of hydrogen-bond donors (Lipinski definition) is 0. The lowest BCUT2D eigenvalue weighted by Gasteiger charge is -2.40. The van der Waals surface area contributed by atoms with Crippen LogP contribution in [0.5, 0.6) is 0 Å². The molecule has 4 atom stereocenters. The van der Waals surface area contributed by atoms with Crippen molar-refractivity contribution in [1.82, 2.24) is 0 Å². The molecule has 1 aliphatic heterocycles. The average Bonchev–Trinajstić information content (AvgIpc) is 2.30. The molecular weight excluding hydrogens is 419 g/mol. The van der Waals surface area contributed by atoms with Crippen molar-refractivity contribution in [3.63, 3.8) is 0 Å². The van der Waals surface area contributed by atoms with Gasteiger partial charge < -0.3 is 0 Å². The zero-order valence-electron chi connectivity index (χ0n) is 8.87. The van der Waals surface area contributed by atoms with Gasteiger partial charge in [0.15, 0.2) is 0 Å². The van der Waals surface area contributed by atoms with Crippen molar-refractivity contribution in [1.29, 1.82) is 0 Å². The van der Waals surface area contributed by atoms with Crippen LogP contribution in [0.4, 0.5) is 17.7 Å². The minimum absolute atomic E-state index is 1.22. The Morgan fingerprint density at radius 3 is 1.55 bits per heavy atom. The van der Waals surface area contributed by atoms with E-state index in [0.717, 1.165) is 0 Å². The molecule has 1 heterocycles. The average molecular weight is 424 g/mol. The molecule has 1 fully saturated rings. The summed E-state index contributed by atoms with van der Waals surface area (Å²) in [5.74, 6) is 0. The third-order valence-corrected chi connectivity index (χ3v) is 6.45. The maximum absolute atomic E-state index is 14.4. The molecule has 0 N–H and O–H groups in total. The summed E-state index contributed by atoms with van der Waals surface area (Å²) in [6, 6.07) is 0. The molecule has 4 unspecified atom stereocenters. The van der Waals surface area contributed by atoms with Crippen LogP contribution in [-0.2, 0) is 14.4 Å². The van der Waals surface area contributed by atoms with Crippen molar-refractivity contribution in [2.75, 3.05) is 0 Å². The molecule has 0 spiro atoms. The first-order valence-electron chi connectivity index (χ1n) is 4.56. The summed E-state index contributed by atoms with van der Waals surface area (Å²) in [7, 11) is -6.32. The molecule has 0 aromatic heterocycles. The fourth-order valence-corrected chi connectivity index (χ4v) is 3.76. The van der Waals surface area contributed by atoms with Gasteiger partial charge in [-0.1, -0.05) is 0 Å². The van der Waals surface area contributed by atoms with Gasteiger partial charge in [-0.2, -0.15) is 21.6 Å². The van der Waals surface area contributed by atoms with Gasteiger partial charge in [0.25, 0.3) is 11.0 Å². The molecule has 0 aliphatic carbocycles. The Balaban J connectivity index is 3.20. The number of piperidine rings is 1. The smallest absolute Gasteiger partial charge is 0.184 e. The lowest BCUT2D eigenvalue weighted by Crippen LogP contribution is -2.66. The summed E-state index contributed by atoms with van der Waals surface area (Å²) < 4.78 is 76.3. The number of nitrogens with zero attached hydrogens (tertiary/aromatic N) is 1. The zero-order chi connectivity index (χ0) is 16.1. The van der Waals surface area contributed by atoms with Gasteiger partial charge in [-0.15, -0.1) is 34.8 Å². The quantitative estimate of drug-likeness (QED) is 0.224. The van der Waals surface area contributed by atoms with Crippen molar-refractivity contribution >= 4 is 68.1 Å². The van der Waals surface area contributed by atoms with E-state index in [4.69, 9.17) is 58.0 Å². The number of hydrogen-bond acceptors (Lipinski definition) is 3. The van der Waals surface area contributed by atoms with Crippen LogP contribution in [0, 0.1) is 0 Å². The van der Waals surface area contributed by atoms with Gasteiger partial charge >= 0.3 is 15.6 Å². The first kappa shape index (κ1) is 19.1. The van der Waals surface area contributed by atoms with E-state index >= 15 is 0 Å². The second-order valence-electron chi connectivity index (χ2n) is 3.68. The number of quaternary nitrogens is 1. The summed E-state index contributed by atoms with van der Waals surface area (Å²) in [5.41, 5.74) is -10.1. The highest BCUT2D eigenvalue weighted by Crippen LogP contribution is 2.45. The van der Waals surface area contributed by atoms with E-state index in [9.17, 15) is 26.1 Å². The first-order valence-corrected chi connectivity index (χ1v) is 8.15. The van der Waals surface area contributed by atoms with Crippen molar-refractivity contribution in [3.05, 3.63) is 0 Å². The minimum Gasteiger partial charge on any atom is -0.184 e. The normalized spacial score (nSPS) is 43.5. The molecule has 0 aromatic rings. The predicted octanol–water partition coefficient (Wildman–Crippen LogP) is 3.43. The van der Waals surface area contributed by atoms with Crippen LogP contribution < -0.4 is 0 Å². The monoisotopic (exact) mass is 422 g/mol. The standard InChI is InChI=1S/C6H5Cl5F4NO3S/c7-1-2(8)4(10)16(15,5(11)3(1)9)19-20(17,18)6(12,13)14/h1-5H/q+1. The van der Waals surface area contributed by atoms with Gasteiger partial charge in [0.2, 0.25) is 0 Å². The van der Waals surface area contributed by atoms with E-state index in [1.807, 2.05) is 0 Å². The van der Waals surface area contributed by atoms with Crippen LogP contribution in [0.3, 0.4) is 0 Å². The second-order valence-corrected chi connectivity index (χ2v) is 7.60. The van der Waals surface area contributed by atoms with Crippen molar-refractivity contribution in [2.24, 2.45) is 0 Å². The summed E-state index contributed by atoms with van der Waals surface area (Å²) >= 11 is 27.8. The van der Waals surface area contributed by atoms with Gasteiger partial charge in [-0.25, -0.2) is 0 Å². The van der Waals surface area contributed by atoms with E-state index in [-0.39, 0.29) is 0 Å². The SMILES string of the molecule is O=S(=O)(O[N+]1(F)C(Cl)C(Cl)C(Cl)C(Cl)C1Cl)C(F)(F)F. The van der Waals surface area contributed by atoms with Crippen molar-refractivity contribution in [2.45, 2.75) is 32.6 Å². The Labute approximate surface area is 136 Å². The lowest BCUT2D eigenvalue weighted by atomic mass is 10.1. The second kappa shape index (κ2) is 5.92. The van der Waals surface area contributed by atoms with Gasteiger partial charge in [0.05, 0.1) is 10.2 Å². The predicted molar refractivity (Wildman–Crippen MR) is 65.6 cm³/mol. The highest BCUT2D eigenvalue weighted by Gasteiger charge is 2.67. The number of hydroxylamine groups is 2. The van der Waals surface area contributed by atoms with E-state index in [1.165, 1.54) is 0 Å². The maximum Gasteiger partial charge on any atom is 0.528 e. The molecule has 0 radical (unpaired) electrons. The van der Waals surface area contributed by atoms with Crippen LogP contribution in [0.1, 0.15) is 0 Å². The molecule has 0 amide bonds. The molecule has 0 saturated carbocycles. The number of alkyl halides is 8. The lowest BCUT2D eigenvalue weighted by molar-refractivity contribution is -1.21. The van der Waals surface area contributed by atoms with Crippen LogP contribution in [0.15, 0.2) is 0 Å². The number of rotatable bonds is 2. The molecule has 1 rings (SSSR count). The Kier molecular flexibility index (Phi) is 5.65. The van der Waals surface area contributed by atoms with Crippen LogP contribution in [0.2, 0.25) is 0 Å². The Bertz CT molecular complexity index is 460. The van der Waals surface area contributed by atoms with Crippen molar-refractivity contribution in [3.8, 4) is 0 Å². The van der Waals surface area contributed by atoms with E-state index in [1.54, 1.807) is 0 Å². The molecule has 0 aromatic carbocycles. The third kappa shape index (κ3) is 3.19. The molecule has 4 nitrogen and oxygen atoms in total. The Hall–Kier alpha value is 1.04. The van der Waals surface area contributed by atoms with Crippen molar-refractivity contribution < 1.29 is 35.2 Å². The summed E-state index contributed by atoms with van der Waals surface area (Å²) in [4.78, 5) is -2.89. The van der Waals surface area contributed by atoms with Gasteiger partial charge in [-0.05, 0) is 27.5 Å². The molecule has 14 heteroatoms. The third-order valence-electron chi connectivity index (χ3n) is 2.30. The van der Waals surface area contributed by atoms with Crippen LogP contribution in [0.25, 0.3) is 0 Å². The summed E-state index contributed by atoms with van der Waals surface area (Å²) in [5, 5.41) is -4.30. The summed E-state index contributed by atoms with van der Waals surface area (Å²) in [6.45, 7) is 0. The molecule has 1 aliphatic rings. The molecular formula is C6H5Cl5F4NO3S+. The minimum atomic E-state index is -6.32. The topological polar surface area (TPSA) is 43.4 Å². The van der Waals surface area contributed by atoms with Crippen LogP contribution in [-0.4, -0.2) is 45.9 Å². The molecule has 0 bridgehead atoms. The van der Waals surface area contributed by atoms with Gasteiger partial charge in [0.1, 0.15) is 10.8 Å². The fraction of sp³-hybridized carbons (Fsp3) is 1.00. The van der Waals surface area contributed by atoms with E-state index < -0.39 is 47.6 Å². The van der Waals surface area contributed by atoms with Gasteiger partial charge in [0, 0.05) is 4.48 Å². The Morgan fingerprint density at radius 1 is 0.900 bits per heavy atom. The highest BCUT2D eigenvalue weighted by atomic mass is 35.5. The number of halogens is 9.